The number of aromatic nitrogens is 1. The summed E-state index contributed by atoms with van der Waals surface area (Å²) in [5.74, 6) is 1.50. The zero-order valence-electron chi connectivity index (χ0n) is 13.2. The first-order valence-electron chi connectivity index (χ1n) is 7.81. The van der Waals surface area contributed by atoms with E-state index in [1.807, 2.05) is 66.7 Å². The molecule has 1 N–H and O–H groups in total. The predicted octanol–water partition coefficient (Wildman–Crippen LogP) is 4.45. The van der Waals surface area contributed by atoms with Crippen LogP contribution < -0.4 is 10.1 Å². The lowest BCUT2D eigenvalue weighted by Gasteiger charge is -2.08. The van der Waals surface area contributed by atoms with Gasteiger partial charge in [-0.05, 0) is 54.4 Å². The molecule has 0 aliphatic carbocycles. The Labute approximate surface area is 141 Å². The number of carbonyl (C=O) groups is 1. The molecule has 0 spiro atoms. The van der Waals surface area contributed by atoms with Gasteiger partial charge in [0.2, 0.25) is 5.91 Å². The maximum absolute atomic E-state index is 12.0. The smallest absolute Gasteiger partial charge is 0.224 e. The third-order valence-electron chi connectivity index (χ3n) is 3.48. The second-order valence-electron chi connectivity index (χ2n) is 5.35. The lowest BCUT2D eigenvalue weighted by atomic mass is 10.1. The van der Waals surface area contributed by atoms with Crippen LogP contribution in [0.3, 0.4) is 0 Å². The number of hydrogen-bond acceptors (Lipinski definition) is 3. The summed E-state index contributed by atoms with van der Waals surface area (Å²) in [6.45, 7) is 0. The third kappa shape index (κ3) is 4.68. The first-order chi connectivity index (χ1) is 11.8. The van der Waals surface area contributed by atoms with Crippen molar-refractivity contribution in [2.75, 3.05) is 5.32 Å². The van der Waals surface area contributed by atoms with Crippen LogP contribution in [-0.2, 0) is 11.2 Å². The summed E-state index contributed by atoms with van der Waals surface area (Å²) < 4.78 is 5.72. The average molecular weight is 318 g/mol. The molecule has 4 heteroatoms. The monoisotopic (exact) mass is 318 g/mol. The zero-order valence-corrected chi connectivity index (χ0v) is 13.2. The van der Waals surface area contributed by atoms with Crippen molar-refractivity contribution in [2.24, 2.45) is 0 Å². The molecule has 0 atom stereocenters. The number of ether oxygens (including phenoxy) is 1. The van der Waals surface area contributed by atoms with Crippen molar-refractivity contribution in [2.45, 2.75) is 12.8 Å². The standard InChI is InChI=1S/C20H18N2O2/c23-20(13-8-16-5-4-14-21-15-16)22-17-9-11-19(12-10-17)24-18-6-2-1-3-7-18/h1-7,9-12,14-15H,8,13H2,(H,22,23). The Morgan fingerprint density at radius 2 is 1.67 bits per heavy atom. The van der Waals surface area contributed by atoms with Crippen LogP contribution in [0, 0.1) is 0 Å². The third-order valence-corrected chi connectivity index (χ3v) is 3.48. The largest absolute Gasteiger partial charge is 0.457 e. The number of para-hydroxylation sites is 1. The van der Waals surface area contributed by atoms with Gasteiger partial charge in [0.1, 0.15) is 11.5 Å². The van der Waals surface area contributed by atoms with Gasteiger partial charge in [-0.25, -0.2) is 0 Å². The van der Waals surface area contributed by atoms with Crippen LogP contribution in [0.1, 0.15) is 12.0 Å². The Balaban J connectivity index is 1.51. The molecule has 2 aromatic carbocycles. The van der Waals surface area contributed by atoms with E-state index in [1.165, 1.54) is 0 Å². The number of anilines is 1. The molecule has 1 heterocycles. The Bertz CT molecular complexity index is 772. The SMILES string of the molecule is O=C(CCc1cccnc1)Nc1ccc(Oc2ccccc2)cc1. The highest BCUT2D eigenvalue weighted by atomic mass is 16.5. The summed E-state index contributed by atoms with van der Waals surface area (Å²) in [5, 5.41) is 2.89. The number of pyridine rings is 1. The van der Waals surface area contributed by atoms with E-state index >= 15 is 0 Å². The van der Waals surface area contributed by atoms with Crippen LogP contribution in [0.25, 0.3) is 0 Å². The summed E-state index contributed by atoms with van der Waals surface area (Å²) in [7, 11) is 0. The molecule has 3 aromatic rings. The van der Waals surface area contributed by atoms with Gasteiger partial charge in [0.15, 0.2) is 0 Å². The van der Waals surface area contributed by atoms with Crippen molar-refractivity contribution in [3.8, 4) is 11.5 Å². The molecule has 0 unspecified atom stereocenters. The number of aryl methyl sites for hydroxylation is 1. The van der Waals surface area contributed by atoms with Crippen molar-refractivity contribution in [1.82, 2.24) is 4.98 Å². The summed E-state index contributed by atoms with van der Waals surface area (Å²) >= 11 is 0. The fraction of sp³-hybridized carbons (Fsp3) is 0.100. The number of amides is 1. The van der Waals surface area contributed by atoms with Crippen LogP contribution in [-0.4, -0.2) is 10.9 Å². The minimum atomic E-state index is -0.0180. The first-order valence-corrected chi connectivity index (χ1v) is 7.81. The van der Waals surface area contributed by atoms with E-state index in [-0.39, 0.29) is 5.91 Å². The highest BCUT2D eigenvalue weighted by Gasteiger charge is 2.04. The van der Waals surface area contributed by atoms with Crippen molar-refractivity contribution in [1.29, 1.82) is 0 Å². The van der Waals surface area contributed by atoms with E-state index in [1.54, 1.807) is 12.4 Å². The predicted molar refractivity (Wildman–Crippen MR) is 94.1 cm³/mol. The van der Waals surface area contributed by atoms with Gasteiger partial charge >= 0.3 is 0 Å². The lowest BCUT2D eigenvalue weighted by Crippen LogP contribution is -2.12. The maximum Gasteiger partial charge on any atom is 0.224 e. The van der Waals surface area contributed by atoms with Crippen LogP contribution >= 0.6 is 0 Å². The average Bonchev–Trinajstić information content (AvgIpc) is 2.63. The molecule has 0 fully saturated rings. The number of nitrogens with one attached hydrogen (secondary N) is 1. The molecule has 0 radical (unpaired) electrons. The van der Waals surface area contributed by atoms with Gasteiger partial charge in [0.25, 0.3) is 0 Å². The molecule has 0 bridgehead atoms. The van der Waals surface area contributed by atoms with E-state index in [9.17, 15) is 4.79 Å². The first kappa shape index (κ1) is 15.7. The highest BCUT2D eigenvalue weighted by molar-refractivity contribution is 5.90. The second-order valence-corrected chi connectivity index (χ2v) is 5.35. The van der Waals surface area contributed by atoms with Gasteiger partial charge in [0.05, 0.1) is 0 Å². The molecule has 24 heavy (non-hydrogen) atoms. The molecule has 0 aliphatic heterocycles. The number of nitrogens with zero attached hydrogens (tertiary/aromatic N) is 1. The van der Waals surface area contributed by atoms with Gasteiger partial charge < -0.3 is 10.1 Å². The second kappa shape index (κ2) is 7.92. The minimum absolute atomic E-state index is 0.0180. The fourth-order valence-electron chi connectivity index (χ4n) is 2.26. The zero-order chi connectivity index (χ0) is 16.6. The van der Waals surface area contributed by atoms with E-state index in [0.717, 1.165) is 22.7 Å². The van der Waals surface area contributed by atoms with Crippen LogP contribution in [0.2, 0.25) is 0 Å². The molecule has 3 rings (SSSR count). The highest BCUT2D eigenvalue weighted by Crippen LogP contribution is 2.22. The van der Waals surface area contributed by atoms with Crippen molar-refractivity contribution >= 4 is 11.6 Å². The lowest BCUT2D eigenvalue weighted by molar-refractivity contribution is -0.116. The van der Waals surface area contributed by atoms with Gasteiger partial charge in [-0.3, -0.25) is 9.78 Å². The molecule has 0 saturated carbocycles. The molecule has 120 valence electrons. The number of hydrogen-bond donors (Lipinski definition) is 1. The van der Waals surface area contributed by atoms with E-state index in [4.69, 9.17) is 4.74 Å². The van der Waals surface area contributed by atoms with Crippen LogP contribution in [0.4, 0.5) is 5.69 Å². The molecular weight excluding hydrogens is 300 g/mol. The summed E-state index contributed by atoms with van der Waals surface area (Å²) in [6.07, 6.45) is 4.61. The van der Waals surface area contributed by atoms with Gasteiger partial charge in [0, 0.05) is 24.5 Å². The maximum atomic E-state index is 12.0. The quantitative estimate of drug-likeness (QED) is 0.731. The van der Waals surface area contributed by atoms with Crippen molar-refractivity contribution in [3.63, 3.8) is 0 Å². The Kier molecular flexibility index (Phi) is 5.20. The van der Waals surface area contributed by atoms with E-state index < -0.39 is 0 Å². The normalized spacial score (nSPS) is 10.2. The molecule has 4 nitrogen and oxygen atoms in total. The van der Waals surface area contributed by atoms with Gasteiger partial charge in [-0.2, -0.15) is 0 Å². The van der Waals surface area contributed by atoms with Crippen molar-refractivity contribution < 1.29 is 9.53 Å². The summed E-state index contributed by atoms with van der Waals surface area (Å²) in [4.78, 5) is 16.0. The minimum Gasteiger partial charge on any atom is -0.457 e. The molecule has 0 saturated heterocycles. The van der Waals surface area contributed by atoms with Gasteiger partial charge in [-0.1, -0.05) is 24.3 Å². The van der Waals surface area contributed by atoms with Gasteiger partial charge in [-0.15, -0.1) is 0 Å². The number of rotatable bonds is 6. The number of benzene rings is 2. The molecule has 1 aromatic heterocycles. The molecule has 1 amide bonds. The topological polar surface area (TPSA) is 51.2 Å². The van der Waals surface area contributed by atoms with Crippen LogP contribution in [0.5, 0.6) is 11.5 Å². The Morgan fingerprint density at radius 3 is 2.38 bits per heavy atom. The summed E-state index contributed by atoms with van der Waals surface area (Å²) in [6, 6.07) is 20.8. The Hall–Kier alpha value is -3.14. The van der Waals surface area contributed by atoms with E-state index in [2.05, 4.69) is 10.3 Å². The van der Waals surface area contributed by atoms with E-state index in [0.29, 0.717) is 12.8 Å². The van der Waals surface area contributed by atoms with Crippen molar-refractivity contribution in [3.05, 3.63) is 84.7 Å². The van der Waals surface area contributed by atoms with Crippen LogP contribution in [0.15, 0.2) is 79.1 Å². The summed E-state index contributed by atoms with van der Waals surface area (Å²) in [5.41, 5.74) is 1.81. The number of carbonyl (C=O) groups excluding carboxylic acids is 1. The molecule has 0 aliphatic rings. The fourth-order valence-corrected chi connectivity index (χ4v) is 2.26. The molecular formula is C20H18N2O2. The Morgan fingerprint density at radius 1 is 0.917 bits per heavy atom.